The van der Waals surface area contributed by atoms with E-state index in [-0.39, 0.29) is 59.0 Å². The third-order valence-electron chi connectivity index (χ3n) is 9.17. The Morgan fingerprint density at radius 3 is 2.30 bits per heavy atom. The summed E-state index contributed by atoms with van der Waals surface area (Å²) in [5.74, 6) is -0.906. The summed E-state index contributed by atoms with van der Waals surface area (Å²) in [6, 6.07) is 1.96. The molecule has 3 aromatic rings. The third kappa shape index (κ3) is 10.0. The lowest BCUT2D eigenvalue weighted by Crippen LogP contribution is -2.47. The molecule has 1 unspecified atom stereocenters. The highest BCUT2D eigenvalue weighted by Crippen LogP contribution is 2.38. The van der Waals surface area contributed by atoms with Gasteiger partial charge >= 0.3 is 6.61 Å². The van der Waals surface area contributed by atoms with Gasteiger partial charge in [0, 0.05) is 68.4 Å². The highest BCUT2D eigenvalue weighted by Gasteiger charge is 2.33. The number of rotatable bonds is 12. The predicted molar refractivity (Wildman–Crippen MR) is 184 cm³/mol. The number of halogens is 5. The second kappa shape index (κ2) is 17.7. The first-order valence-electron chi connectivity index (χ1n) is 16.7. The molecule has 3 N–H and O–H groups in total. The third-order valence-corrected chi connectivity index (χ3v) is 11.4. The molecule has 290 valence electrons. The van der Waals surface area contributed by atoms with Crippen LogP contribution in [0.5, 0.6) is 5.75 Å². The lowest BCUT2D eigenvalue weighted by molar-refractivity contribution is -0.136. The average molecular weight is 792 g/mol. The molecule has 3 aliphatic heterocycles. The number of aromatic nitrogens is 4. The zero-order valence-corrected chi connectivity index (χ0v) is 29.8. The predicted octanol–water partition coefficient (Wildman–Crippen LogP) is 3.12. The summed E-state index contributed by atoms with van der Waals surface area (Å²) in [6.45, 7) is -0.113. The quantitative estimate of drug-likeness (QED) is 0.138. The van der Waals surface area contributed by atoms with Crippen molar-refractivity contribution in [2.75, 3.05) is 61.8 Å². The van der Waals surface area contributed by atoms with Crippen LogP contribution in [-0.4, -0.2) is 125 Å². The molecule has 0 radical (unpaired) electrons. The number of carbonyl (C=O) groups is 3. The molecule has 3 saturated heterocycles. The zero-order chi connectivity index (χ0) is 38.3. The Morgan fingerprint density at radius 1 is 1.04 bits per heavy atom. The molecule has 0 bridgehead atoms. The fourth-order valence-electron chi connectivity index (χ4n) is 6.58. The molecule has 16 nitrogen and oxygen atoms in total. The number of piperidine rings is 2. The van der Waals surface area contributed by atoms with E-state index in [4.69, 9.17) is 21.5 Å². The van der Waals surface area contributed by atoms with Crippen molar-refractivity contribution in [2.45, 2.75) is 57.2 Å². The van der Waals surface area contributed by atoms with E-state index in [0.717, 1.165) is 12.4 Å². The van der Waals surface area contributed by atoms with Crippen molar-refractivity contribution in [3.8, 4) is 5.75 Å². The molecule has 0 aliphatic carbocycles. The number of hydrogen-bond donors (Lipinski definition) is 3. The summed E-state index contributed by atoms with van der Waals surface area (Å²) in [4.78, 5) is 44.3. The number of benzene rings is 1. The Morgan fingerprint density at radius 2 is 1.70 bits per heavy atom. The molecule has 22 heteroatoms. The molecule has 1 atom stereocenters. The summed E-state index contributed by atoms with van der Waals surface area (Å²) in [5, 5.41) is 17.0. The summed E-state index contributed by atoms with van der Waals surface area (Å²) < 4.78 is 86.6. The summed E-state index contributed by atoms with van der Waals surface area (Å²) >= 11 is 6.42. The molecule has 53 heavy (non-hydrogen) atoms. The minimum Gasteiger partial charge on any atom is -0.483 e. The first-order valence-corrected chi connectivity index (χ1v) is 18.7. The molecule has 0 spiro atoms. The lowest BCUT2D eigenvalue weighted by atomic mass is 10.0. The molecule has 2 amide bonds. The number of imide groups is 1. The minimum atomic E-state index is -3.50. The zero-order valence-electron chi connectivity index (χ0n) is 28.2. The number of carbonyl (C=O) groups excluding carboxylic acids is 2. The molecule has 0 saturated carbocycles. The largest absolute Gasteiger partial charge is 0.483 e. The fourth-order valence-corrected chi connectivity index (χ4v) is 8.33. The van der Waals surface area contributed by atoms with Crippen LogP contribution in [0.2, 0.25) is 5.15 Å². The molecule has 2 aromatic heterocycles. The van der Waals surface area contributed by atoms with Crippen molar-refractivity contribution in [1.82, 2.24) is 34.3 Å². The van der Waals surface area contributed by atoms with Crippen molar-refractivity contribution in [1.29, 1.82) is 0 Å². The first kappa shape index (κ1) is 39.9. The van der Waals surface area contributed by atoms with Gasteiger partial charge in [-0.15, -0.1) is 0 Å². The lowest BCUT2D eigenvalue weighted by Gasteiger charge is -2.37. The highest BCUT2D eigenvalue weighted by atomic mass is 35.5. The maximum Gasteiger partial charge on any atom is 0.387 e. The van der Waals surface area contributed by atoms with Crippen LogP contribution >= 0.6 is 11.6 Å². The van der Waals surface area contributed by atoms with Crippen LogP contribution in [0.15, 0.2) is 24.5 Å². The van der Waals surface area contributed by atoms with Gasteiger partial charge in [-0.1, -0.05) is 11.6 Å². The van der Waals surface area contributed by atoms with E-state index in [1.54, 1.807) is 6.07 Å². The number of fused-ring (bicyclic) bond motifs is 1. The van der Waals surface area contributed by atoms with E-state index in [1.807, 2.05) is 4.90 Å². The number of alkyl halides is 4. The molecular weight excluding hydrogens is 754 g/mol. The Hall–Kier alpha value is -4.34. The van der Waals surface area contributed by atoms with Crippen molar-refractivity contribution in [3.63, 3.8) is 0 Å². The topological polar surface area (TPSA) is 192 Å². The van der Waals surface area contributed by atoms with E-state index in [1.165, 1.54) is 15.1 Å². The maximum atomic E-state index is 14.4. The van der Waals surface area contributed by atoms with Crippen molar-refractivity contribution in [3.05, 3.63) is 35.2 Å². The monoisotopic (exact) mass is 791 g/mol. The molecule has 3 aliphatic rings. The number of piperazine rings is 1. The number of nitrogens with zero attached hydrogens (tertiary/aromatic N) is 7. The van der Waals surface area contributed by atoms with Crippen LogP contribution in [0.4, 0.5) is 29.2 Å². The second-order valence-corrected chi connectivity index (χ2v) is 14.9. The molecular formula is C31H38ClF4N9O7S. The Kier molecular flexibility index (Phi) is 13.3. The number of nitrogens with one attached hydrogen (secondary N) is 2. The number of ether oxygens (including phenoxy) is 1. The van der Waals surface area contributed by atoms with E-state index in [2.05, 4.69) is 35.3 Å². The summed E-state index contributed by atoms with van der Waals surface area (Å²) in [5.41, 5.74) is 0.389. The highest BCUT2D eigenvalue weighted by molar-refractivity contribution is 7.89. The molecule has 5 heterocycles. The molecule has 3 fully saturated rings. The molecule has 6 rings (SSSR count). The summed E-state index contributed by atoms with van der Waals surface area (Å²) in [6.07, 6.45) is 1.20. The van der Waals surface area contributed by atoms with Crippen LogP contribution in [-0.2, 0) is 24.4 Å². The number of amides is 2. The van der Waals surface area contributed by atoms with Gasteiger partial charge < -0.3 is 20.1 Å². The van der Waals surface area contributed by atoms with Gasteiger partial charge in [0.25, 0.3) is 18.8 Å². The average Bonchev–Trinajstić information content (AvgIpc) is 3.44. The van der Waals surface area contributed by atoms with Gasteiger partial charge in [0.1, 0.15) is 6.04 Å². The smallest absolute Gasteiger partial charge is 0.387 e. The van der Waals surface area contributed by atoms with Gasteiger partial charge in [0.15, 0.2) is 10.9 Å². The standard InChI is InChI=1S/C30H36ClF4N9O5S.CH2O2/c31-26-20-14-23(21(27(32)33)15-24(20)44(40-26)22-2-3-25(45)39-28(22)46)42-11-9-41(10-12-42)6-1-13-50(47,48)43-7-4-18(5-8-43)38-30-36-16-19(17-37-30)49-29(34)35;2-1-3/h14-18,22,27,29H,1-13H2,(H,36,37,38)(H,39,45,46);1H,(H,2,3). The van der Waals surface area contributed by atoms with Crippen LogP contribution in [0.3, 0.4) is 0 Å². The van der Waals surface area contributed by atoms with Crippen molar-refractivity contribution < 1.29 is 50.2 Å². The minimum absolute atomic E-state index is 0.0259. The van der Waals surface area contributed by atoms with Gasteiger partial charge in [0.05, 0.1) is 23.7 Å². The fraction of sp³-hybridized carbons (Fsp3) is 0.548. The van der Waals surface area contributed by atoms with Crippen LogP contribution in [0.1, 0.15) is 50.1 Å². The number of anilines is 2. The van der Waals surface area contributed by atoms with E-state index >= 15 is 0 Å². The number of hydrogen-bond acceptors (Lipinski definition) is 12. The Labute approximate surface area is 306 Å². The van der Waals surface area contributed by atoms with Crippen LogP contribution < -0.4 is 20.3 Å². The van der Waals surface area contributed by atoms with Crippen LogP contribution in [0.25, 0.3) is 10.9 Å². The van der Waals surface area contributed by atoms with Crippen molar-refractivity contribution >= 4 is 62.4 Å². The normalized spacial score (nSPS) is 19.3. The van der Waals surface area contributed by atoms with Gasteiger partial charge in [-0.25, -0.2) is 31.5 Å². The maximum absolute atomic E-state index is 14.4. The van der Waals surface area contributed by atoms with Gasteiger partial charge in [-0.05, 0) is 44.4 Å². The SMILES string of the molecule is O=C1CCC(n2nc(Cl)c3cc(N4CCN(CCCS(=O)(=O)N5CCC(Nc6ncc(OC(F)F)cn6)CC5)CC4)c(C(F)F)cc32)C(=O)N1.O=CO. The van der Waals surface area contributed by atoms with Gasteiger partial charge in [0.2, 0.25) is 21.9 Å². The number of sulfonamides is 1. The van der Waals surface area contributed by atoms with Gasteiger partial charge in [-0.3, -0.25) is 29.3 Å². The Balaban J connectivity index is 0.00000175. The van der Waals surface area contributed by atoms with Crippen LogP contribution in [0, 0.1) is 0 Å². The summed E-state index contributed by atoms with van der Waals surface area (Å²) in [7, 11) is -3.50. The number of carboxylic acid groups (broad SMARTS) is 1. The Bertz CT molecular complexity index is 1860. The van der Waals surface area contributed by atoms with E-state index < -0.39 is 40.9 Å². The van der Waals surface area contributed by atoms with Gasteiger partial charge in [-0.2, -0.15) is 13.9 Å². The van der Waals surface area contributed by atoms with E-state index in [9.17, 15) is 35.6 Å². The van der Waals surface area contributed by atoms with E-state index in [0.29, 0.717) is 76.1 Å². The van der Waals surface area contributed by atoms with Crippen molar-refractivity contribution in [2.24, 2.45) is 0 Å². The first-order chi connectivity index (χ1) is 25.3. The second-order valence-electron chi connectivity index (χ2n) is 12.5. The molecule has 1 aromatic carbocycles.